The van der Waals surface area contributed by atoms with Gasteiger partial charge in [-0.3, -0.25) is 4.68 Å². The monoisotopic (exact) mass is 483 g/mol. The number of ether oxygens (including phenoxy) is 2. The SMILES string of the molecule is C[C@@H](c1ccccc1)n1ncc2cc(Nc3ncnn4ccc(COC[C@@H]5CNCCO5)c34)ccc21. The number of hydrogen-bond donors (Lipinski definition) is 2. The molecule has 1 fully saturated rings. The lowest BCUT2D eigenvalue weighted by molar-refractivity contribution is -0.0355. The molecule has 9 heteroatoms. The molecule has 36 heavy (non-hydrogen) atoms. The first-order valence-corrected chi connectivity index (χ1v) is 12.3. The highest BCUT2D eigenvalue weighted by molar-refractivity contribution is 5.85. The Hall–Kier alpha value is -3.79. The second-order valence-electron chi connectivity index (χ2n) is 9.03. The van der Waals surface area contributed by atoms with Gasteiger partial charge in [0.15, 0.2) is 5.82 Å². The van der Waals surface area contributed by atoms with Gasteiger partial charge in [-0.2, -0.15) is 10.2 Å². The molecule has 1 aliphatic heterocycles. The Balaban J connectivity index is 1.22. The van der Waals surface area contributed by atoms with Crippen molar-refractivity contribution < 1.29 is 9.47 Å². The summed E-state index contributed by atoms with van der Waals surface area (Å²) in [6, 6.07) is 18.8. The number of fused-ring (bicyclic) bond motifs is 2. The van der Waals surface area contributed by atoms with Crippen molar-refractivity contribution >= 4 is 27.9 Å². The first-order chi connectivity index (χ1) is 17.8. The van der Waals surface area contributed by atoms with E-state index in [1.165, 1.54) is 5.56 Å². The van der Waals surface area contributed by atoms with Crippen molar-refractivity contribution in [2.24, 2.45) is 0 Å². The van der Waals surface area contributed by atoms with Gasteiger partial charge in [0.2, 0.25) is 0 Å². The number of nitrogens with one attached hydrogen (secondary N) is 2. The van der Waals surface area contributed by atoms with E-state index in [-0.39, 0.29) is 12.1 Å². The van der Waals surface area contributed by atoms with E-state index in [1.807, 2.05) is 29.0 Å². The highest BCUT2D eigenvalue weighted by Crippen LogP contribution is 2.28. The smallest absolute Gasteiger partial charge is 0.158 e. The van der Waals surface area contributed by atoms with Gasteiger partial charge in [-0.1, -0.05) is 30.3 Å². The van der Waals surface area contributed by atoms with Gasteiger partial charge >= 0.3 is 0 Å². The summed E-state index contributed by atoms with van der Waals surface area (Å²) in [5.74, 6) is 0.730. The third-order valence-corrected chi connectivity index (χ3v) is 6.61. The van der Waals surface area contributed by atoms with Crippen molar-refractivity contribution in [2.45, 2.75) is 25.7 Å². The number of hydrogen-bond acceptors (Lipinski definition) is 7. The number of anilines is 2. The summed E-state index contributed by atoms with van der Waals surface area (Å²) >= 11 is 0. The summed E-state index contributed by atoms with van der Waals surface area (Å²) in [5.41, 5.74) is 5.16. The average Bonchev–Trinajstić information content (AvgIpc) is 3.54. The number of nitrogens with zero attached hydrogens (tertiary/aromatic N) is 5. The van der Waals surface area contributed by atoms with Crippen LogP contribution in [0, 0.1) is 0 Å². The van der Waals surface area contributed by atoms with E-state index in [2.05, 4.69) is 79.9 Å². The zero-order valence-electron chi connectivity index (χ0n) is 20.2. The minimum absolute atomic E-state index is 0.0822. The van der Waals surface area contributed by atoms with E-state index in [9.17, 15) is 0 Å². The zero-order chi connectivity index (χ0) is 24.3. The molecule has 0 saturated carbocycles. The fourth-order valence-corrected chi connectivity index (χ4v) is 4.70. The molecule has 0 unspecified atom stereocenters. The van der Waals surface area contributed by atoms with Crippen LogP contribution in [0.5, 0.6) is 0 Å². The second kappa shape index (κ2) is 10.1. The van der Waals surface area contributed by atoms with Crippen LogP contribution in [0.1, 0.15) is 24.1 Å². The average molecular weight is 484 g/mol. The van der Waals surface area contributed by atoms with Crippen LogP contribution in [0.25, 0.3) is 16.4 Å². The van der Waals surface area contributed by atoms with Crippen LogP contribution in [-0.4, -0.2) is 56.8 Å². The molecule has 0 radical (unpaired) electrons. The molecule has 3 aromatic heterocycles. The maximum atomic E-state index is 5.98. The van der Waals surface area contributed by atoms with Gasteiger partial charge in [0.1, 0.15) is 11.8 Å². The summed E-state index contributed by atoms with van der Waals surface area (Å²) < 4.78 is 15.6. The van der Waals surface area contributed by atoms with E-state index in [4.69, 9.17) is 9.47 Å². The van der Waals surface area contributed by atoms with Gasteiger partial charge in [0.25, 0.3) is 0 Å². The molecule has 0 amide bonds. The molecule has 0 spiro atoms. The summed E-state index contributed by atoms with van der Waals surface area (Å²) in [6.07, 6.45) is 5.48. The Morgan fingerprint density at radius 1 is 1.17 bits per heavy atom. The third kappa shape index (κ3) is 4.56. The maximum absolute atomic E-state index is 5.98. The summed E-state index contributed by atoms with van der Waals surface area (Å²) in [5, 5.41) is 16.9. The summed E-state index contributed by atoms with van der Waals surface area (Å²) in [6.45, 7) is 5.60. The van der Waals surface area contributed by atoms with Crippen molar-refractivity contribution in [1.82, 2.24) is 29.7 Å². The number of morpholine rings is 1. The minimum atomic E-state index is 0.0822. The van der Waals surface area contributed by atoms with Gasteiger partial charge in [-0.25, -0.2) is 9.50 Å². The largest absolute Gasteiger partial charge is 0.374 e. The molecule has 2 atom stereocenters. The van der Waals surface area contributed by atoms with Crippen LogP contribution in [0.15, 0.2) is 73.3 Å². The van der Waals surface area contributed by atoms with Gasteiger partial charge in [-0.05, 0) is 36.8 Å². The molecule has 9 nitrogen and oxygen atoms in total. The van der Waals surface area contributed by atoms with Crippen molar-refractivity contribution in [1.29, 1.82) is 0 Å². The lowest BCUT2D eigenvalue weighted by Crippen LogP contribution is -2.40. The van der Waals surface area contributed by atoms with Crippen molar-refractivity contribution in [3.63, 3.8) is 0 Å². The predicted molar refractivity (Wildman–Crippen MR) is 139 cm³/mol. The molecule has 184 valence electrons. The quantitative estimate of drug-likeness (QED) is 0.346. The Morgan fingerprint density at radius 3 is 2.94 bits per heavy atom. The molecule has 4 heterocycles. The van der Waals surface area contributed by atoms with E-state index in [1.54, 1.807) is 6.33 Å². The number of aromatic nitrogens is 5. The van der Waals surface area contributed by atoms with Gasteiger partial charge < -0.3 is 20.1 Å². The van der Waals surface area contributed by atoms with Crippen LogP contribution in [0.2, 0.25) is 0 Å². The van der Waals surface area contributed by atoms with Crippen molar-refractivity contribution in [2.75, 3.05) is 31.6 Å². The molecule has 2 N–H and O–H groups in total. The Bertz CT molecular complexity index is 1460. The third-order valence-electron chi connectivity index (χ3n) is 6.61. The minimum Gasteiger partial charge on any atom is -0.374 e. The predicted octanol–water partition coefficient (Wildman–Crippen LogP) is 3.94. The number of rotatable bonds is 8. The Morgan fingerprint density at radius 2 is 2.08 bits per heavy atom. The van der Waals surface area contributed by atoms with Crippen LogP contribution in [-0.2, 0) is 16.1 Å². The summed E-state index contributed by atoms with van der Waals surface area (Å²) in [7, 11) is 0. The van der Waals surface area contributed by atoms with Gasteiger partial charge in [0, 0.05) is 35.9 Å². The van der Waals surface area contributed by atoms with Crippen LogP contribution < -0.4 is 10.6 Å². The maximum Gasteiger partial charge on any atom is 0.158 e. The lowest BCUT2D eigenvalue weighted by atomic mass is 10.1. The lowest BCUT2D eigenvalue weighted by Gasteiger charge is -2.23. The highest BCUT2D eigenvalue weighted by atomic mass is 16.5. The van der Waals surface area contributed by atoms with E-state index in [0.29, 0.717) is 13.2 Å². The first-order valence-electron chi connectivity index (χ1n) is 12.3. The van der Waals surface area contributed by atoms with Gasteiger partial charge in [0.05, 0.1) is 43.7 Å². The highest BCUT2D eigenvalue weighted by Gasteiger charge is 2.16. The topological polar surface area (TPSA) is 90.5 Å². The zero-order valence-corrected chi connectivity index (χ0v) is 20.2. The van der Waals surface area contributed by atoms with Crippen molar-refractivity contribution in [3.8, 4) is 0 Å². The molecule has 1 saturated heterocycles. The van der Waals surface area contributed by atoms with Crippen LogP contribution in [0.3, 0.4) is 0 Å². The Kier molecular flexibility index (Phi) is 6.33. The van der Waals surface area contributed by atoms with E-state index in [0.717, 1.165) is 53.2 Å². The van der Waals surface area contributed by atoms with Crippen LogP contribution >= 0.6 is 0 Å². The molecule has 0 bridgehead atoms. The van der Waals surface area contributed by atoms with Crippen LogP contribution in [0.4, 0.5) is 11.5 Å². The molecular weight excluding hydrogens is 454 g/mol. The molecule has 5 aromatic rings. The standard InChI is InChI=1S/C27H29N7O2/c1-19(20-5-3-2-4-6-20)34-25-8-7-23(13-22(25)14-30-34)32-27-26-21(9-11-33(26)31-18-29-27)16-35-17-24-15-28-10-12-36-24/h2-9,11,13-14,18-19,24,28H,10,12,15-17H2,1H3,(H,29,31,32)/t19-,24-/m0/s1. The second-order valence-corrected chi connectivity index (χ2v) is 9.03. The first kappa shape index (κ1) is 22.7. The molecule has 0 aliphatic carbocycles. The normalized spacial score (nSPS) is 17.0. The summed E-state index contributed by atoms with van der Waals surface area (Å²) in [4.78, 5) is 4.53. The van der Waals surface area contributed by atoms with E-state index >= 15 is 0 Å². The number of benzene rings is 2. The molecule has 6 rings (SSSR count). The fourth-order valence-electron chi connectivity index (χ4n) is 4.70. The fraction of sp³-hybridized carbons (Fsp3) is 0.296. The molecule has 2 aromatic carbocycles. The van der Waals surface area contributed by atoms with Crippen molar-refractivity contribution in [3.05, 3.63) is 84.4 Å². The Labute approximate surface area is 209 Å². The van der Waals surface area contributed by atoms with Gasteiger partial charge in [-0.15, -0.1) is 0 Å². The van der Waals surface area contributed by atoms with E-state index < -0.39 is 0 Å². The molecular formula is C27H29N7O2. The molecule has 1 aliphatic rings.